The average molecular weight is 199 g/mol. The molecular formula is C14H17N. The molecule has 0 N–H and O–H groups in total. The van der Waals surface area contributed by atoms with Gasteiger partial charge in [-0.2, -0.15) is 0 Å². The summed E-state index contributed by atoms with van der Waals surface area (Å²) in [5, 5.41) is 0. The molecular weight excluding hydrogens is 182 g/mol. The number of rotatable bonds is 3. The van der Waals surface area contributed by atoms with Crippen LogP contribution in [-0.2, 0) is 0 Å². The van der Waals surface area contributed by atoms with Crippen molar-refractivity contribution in [1.82, 2.24) is 4.98 Å². The Hall–Kier alpha value is -1.63. The molecule has 0 aliphatic carbocycles. The van der Waals surface area contributed by atoms with Gasteiger partial charge in [-0.25, -0.2) is 0 Å². The van der Waals surface area contributed by atoms with Gasteiger partial charge >= 0.3 is 0 Å². The van der Waals surface area contributed by atoms with E-state index in [-0.39, 0.29) is 0 Å². The van der Waals surface area contributed by atoms with Crippen molar-refractivity contribution >= 4 is 5.57 Å². The molecule has 15 heavy (non-hydrogen) atoms. The predicted octanol–water partition coefficient (Wildman–Crippen LogP) is 3.93. The molecule has 0 saturated carbocycles. The first-order chi connectivity index (χ1) is 7.13. The van der Waals surface area contributed by atoms with Crippen molar-refractivity contribution in [3.8, 4) is 0 Å². The van der Waals surface area contributed by atoms with Crippen LogP contribution in [0.2, 0.25) is 0 Å². The highest BCUT2D eigenvalue weighted by molar-refractivity contribution is 5.69. The van der Waals surface area contributed by atoms with E-state index in [1.54, 1.807) is 0 Å². The minimum atomic E-state index is 0.931. The first kappa shape index (κ1) is 11.4. The molecule has 1 heterocycles. The molecule has 0 spiro atoms. The Balaban J connectivity index is 2.78. The Bertz CT molecular complexity index is 394. The summed E-state index contributed by atoms with van der Waals surface area (Å²) >= 11 is 0. The van der Waals surface area contributed by atoms with Gasteiger partial charge in [-0.3, -0.25) is 4.98 Å². The third kappa shape index (κ3) is 3.55. The monoisotopic (exact) mass is 199 g/mol. The Morgan fingerprint density at radius 3 is 2.60 bits per heavy atom. The van der Waals surface area contributed by atoms with Crippen LogP contribution in [0, 0.1) is 6.92 Å². The SMILES string of the molecule is C=C(/C=C\C(C)=C/C)c1ccc(C)cn1. The highest BCUT2D eigenvalue weighted by Gasteiger charge is 1.95. The molecule has 1 aromatic rings. The average Bonchev–Trinajstić information content (AvgIpc) is 2.26. The fourth-order valence-electron chi connectivity index (χ4n) is 1.07. The number of hydrogen-bond acceptors (Lipinski definition) is 1. The van der Waals surface area contributed by atoms with Crippen LogP contribution in [0.5, 0.6) is 0 Å². The second-order valence-corrected chi connectivity index (χ2v) is 3.61. The molecule has 0 fully saturated rings. The zero-order valence-corrected chi connectivity index (χ0v) is 9.62. The van der Waals surface area contributed by atoms with Crippen LogP contribution in [-0.4, -0.2) is 4.98 Å². The van der Waals surface area contributed by atoms with E-state index in [4.69, 9.17) is 0 Å². The minimum absolute atomic E-state index is 0.931. The molecule has 0 bridgehead atoms. The van der Waals surface area contributed by atoms with E-state index in [9.17, 15) is 0 Å². The molecule has 0 saturated heterocycles. The summed E-state index contributed by atoms with van der Waals surface area (Å²) in [7, 11) is 0. The van der Waals surface area contributed by atoms with Crippen molar-refractivity contribution in [2.75, 3.05) is 0 Å². The summed E-state index contributed by atoms with van der Waals surface area (Å²) in [5.41, 5.74) is 4.26. The van der Waals surface area contributed by atoms with Crippen LogP contribution in [0.15, 0.2) is 48.7 Å². The fraction of sp³-hybridized carbons (Fsp3) is 0.214. The molecule has 1 heteroatoms. The van der Waals surface area contributed by atoms with Crippen LogP contribution in [0.1, 0.15) is 25.1 Å². The Morgan fingerprint density at radius 2 is 2.07 bits per heavy atom. The molecule has 0 aliphatic heterocycles. The summed E-state index contributed by atoms with van der Waals surface area (Å²) in [5.74, 6) is 0. The summed E-state index contributed by atoms with van der Waals surface area (Å²) in [4.78, 5) is 4.31. The van der Waals surface area contributed by atoms with Crippen molar-refractivity contribution in [2.45, 2.75) is 20.8 Å². The Labute approximate surface area is 91.9 Å². The smallest absolute Gasteiger partial charge is 0.0696 e. The molecule has 0 aromatic carbocycles. The molecule has 0 amide bonds. The number of aryl methyl sites for hydroxylation is 1. The Morgan fingerprint density at radius 1 is 1.33 bits per heavy atom. The normalized spacial score (nSPS) is 12.1. The molecule has 0 unspecified atom stereocenters. The summed E-state index contributed by atoms with van der Waals surface area (Å²) in [6, 6.07) is 4.04. The second-order valence-electron chi connectivity index (χ2n) is 3.61. The number of hydrogen-bond donors (Lipinski definition) is 0. The van der Waals surface area contributed by atoms with Gasteiger partial charge in [0.15, 0.2) is 0 Å². The van der Waals surface area contributed by atoms with Crippen LogP contribution >= 0.6 is 0 Å². The van der Waals surface area contributed by atoms with Gasteiger partial charge in [-0.05, 0) is 38.0 Å². The van der Waals surface area contributed by atoms with Gasteiger partial charge in [0.1, 0.15) is 0 Å². The molecule has 1 aromatic heterocycles. The standard InChI is InChI=1S/C14H17N/c1-5-11(2)6-8-13(4)14-9-7-12(3)10-15-14/h5-10H,4H2,1-3H3/b8-6-,11-5-. The number of nitrogens with zero attached hydrogens (tertiary/aromatic N) is 1. The highest BCUT2D eigenvalue weighted by Crippen LogP contribution is 2.12. The minimum Gasteiger partial charge on any atom is -0.256 e. The fourth-order valence-corrected chi connectivity index (χ4v) is 1.07. The van der Waals surface area contributed by atoms with E-state index in [1.807, 2.05) is 44.3 Å². The maximum Gasteiger partial charge on any atom is 0.0696 e. The maximum atomic E-state index is 4.31. The van der Waals surface area contributed by atoms with Gasteiger partial charge in [0.05, 0.1) is 5.69 Å². The lowest BCUT2D eigenvalue weighted by atomic mass is 10.1. The van der Waals surface area contributed by atoms with E-state index in [0.29, 0.717) is 0 Å². The molecule has 78 valence electrons. The van der Waals surface area contributed by atoms with Gasteiger partial charge in [0.2, 0.25) is 0 Å². The summed E-state index contributed by atoms with van der Waals surface area (Å²) < 4.78 is 0. The Kier molecular flexibility index (Phi) is 4.04. The molecule has 1 rings (SSSR count). The maximum absolute atomic E-state index is 4.31. The van der Waals surface area contributed by atoms with Gasteiger partial charge in [0, 0.05) is 6.20 Å². The van der Waals surface area contributed by atoms with E-state index in [2.05, 4.69) is 24.6 Å². The highest BCUT2D eigenvalue weighted by atomic mass is 14.7. The summed E-state index contributed by atoms with van der Waals surface area (Å²) in [6.45, 7) is 10.1. The third-order valence-electron chi connectivity index (χ3n) is 2.24. The van der Waals surface area contributed by atoms with E-state index < -0.39 is 0 Å². The largest absolute Gasteiger partial charge is 0.256 e. The van der Waals surface area contributed by atoms with Crippen molar-refractivity contribution in [3.05, 3.63) is 60.0 Å². The van der Waals surface area contributed by atoms with Crippen LogP contribution in [0.25, 0.3) is 5.57 Å². The lowest BCUT2D eigenvalue weighted by Crippen LogP contribution is -1.85. The molecule has 0 radical (unpaired) electrons. The summed E-state index contributed by atoms with van der Waals surface area (Å²) in [6.07, 6.45) is 7.96. The van der Waals surface area contributed by atoms with E-state index in [1.165, 1.54) is 11.1 Å². The van der Waals surface area contributed by atoms with E-state index in [0.717, 1.165) is 11.3 Å². The van der Waals surface area contributed by atoms with Crippen molar-refractivity contribution in [3.63, 3.8) is 0 Å². The van der Waals surface area contributed by atoms with Crippen LogP contribution in [0.4, 0.5) is 0 Å². The van der Waals surface area contributed by atoms with Crippen LogP contribution in [0.3, 0.4) is 0 Å². The number of allylic oxidation sites excluding steroid dienone is 5. The van der Waals surface area contributed by atoms with Crippen molar-refractivity contribution < 1.29 is 0 Å². The lowest BCUT2D eigenvalue weighted by molar-refractivity contribution is 1.23. The molecule has 0 aliphatic rings. The number of aromatic nitrogens is 1. The van der Waals surface area contributed by atoms with Crippen molar-refractivity contribution in [1.29, 1.82) is 0 Å². The van der Waals surface area contributed by atoms with Crippen LogP contribution < -0.4 is 0 Å². The van der Waals surface area contributed by atoms with Gasteiger partial charge < -0.3 is 0 Å². The van der Waals surface area contributed by atoms with E-state index >= 15 is 0 Å². The second kappa shape index (κ2) is 5.30. The van der Waals surface area contributed by atoms with Crippen molar-refractivity contribution in [2.24, 2.45) is 0 Å². The quantitative estimate of drug-likeness (QED) is 0.672. The molecule has 1 nitrogen and oxygen atoms in total. The van der Waals surface area contributed by atoms with Gasteiger partial charge in [-0.15, -0.1) is 0 Å². The van der Waals surface area contributed by atoms with Gasteiger partial charge in [-0.1, -0.05) is 36.4 Å². The first-order valence-electron chi connectivity index (χ1n) is 5.06. The number of pyridine rings is 1. The third-order valence-corrected chi connectivity index (χ3v) is 2.24. The lowest BCUT2D eigenvalue weighted by Gasteiger charge is -1.99. The predicted molar refractivity (Wildman–Crippen MR) is 66.6 cm³/mol. The first-order valence-corrected chi connectivity index (χ1v) is 5.06. The topological polar surface area (TPSA) is 12.9 Å². The molecule has 0 atom stereocenters. The zero-order chi connectivity index (χ0) is 11.3. The zero-order valence-electron chi connectivity index (χ0n) is 9.62. The van der Waals surface area contributed by atoms with Gasteiger partial charge in [0.25, 0.3) is 0 Å².